The van der Waals surface area contributed by atoms with E-state index >= 15 is 0 Å². The largest absolute Gasteiger partial charge is 0.324 e. The van der Waals surface area contributed by atoms with E-state index in [0.29, 0.717) is 25.7 Å². The van der Waals surface area contributed by atoms with Gasteiger partial charge in [0.25, 0.3) is 0 Å². The lowest BCUT2D eigenvalue weighted by Crippen LogP contribution is -2.36. The van der Waals surface area contributed by atoms with Gasteiger partial charge in [-0.05, 0) is 32.3 Å². The number of rotatable bonds is 8. The fourth-order valence-corrected chi connectivity index (χ4v) is 2.02. The molecule has 0 aliphatic carbocycles. The van der Waals surface area contributed by atoms with Gasteiger partial charge in [-0.1, -0.05) is 38.1 Å². The normalized spacial score (nSPS) is 12.1. The number of hydrogen-bond acceptors (Lipinski definition) is 3. The topological polar surface area (TPSA) is 27.7 Å². The highest BCUT2D eigenvalue weighted by Gasteiger charge is 2.35. The second-order valence-corrected chi connectivity index (χ2v) is 4.63. The third-order valence-electron chi connectivity index (χ3n) is 2.93. The van der Waals surface area contributed by atoms with Crippen molar-refractivity contribution >= 4 is 0 Å². The molecule has 1 aromatic carbocycles. The molecule has 108 valence electrons. The summed E-state index contributed by atoms with van der Waals surface area (Å²) < 4.78 is 17.3. The summed E-state index contributed by atoms with van der Waals surface area (Å²) in [6, 6.07) is 8.25. The Hall–Kier alpha value is -0.900. The molecule has 19 heavy (non-hydrogen) atoms. The lowest BCUT2D eigenvalue weighted by atomic mass is 10.0. The second-order valence-electron chi connectivity index (χ2n) is 4.63. The van der Waals surface area contributed by atoms with Crippen LogP contribution in [0.3, 0.4) is 0 Å². The van der Waals surface area contributed by atoms with Crippen LogP contribution in [0.15, 0.2) is 24.3 Å². The molecule has 3 nitrogen and oxygen atoms in total. The fraction of sp³-hybridized carbons (Fsp3) is 0.625. The average Bonchev–Trinajstić information content (AvgIpc) is 2.39. The molecule has 0 N–H and O–H groups in total. The Balaban J connectivity index is 3.07. The Kier molecular flexibility index (Phi) is 6.49. The van der Waals surface area contributed by atoms with Gasteiger partial charge in [0, 0.05) is 25.4 Å². The van der Waals surface area contributed by atoms with Crippen molar-refractivity contribution in [3.05, 3.63) is 35.4 Å². The molecule has 0 aromatic heterocycles. The minimum absolute atomic E-state index is 0.509. The van der Waals surface area contributed by atoms with Crippen LogP contribution in [0.4, 0.5) is 0 Å². The SMILES string of the molecule is CCOC(OCC)(OCC)c1ccc(C(C)C)cc1. The maximum absolute atomic E-state index is 5.75. The number of hydrogen-bond donors (Lipinski definition) is 0. The Morgan fingerprint density at radius 2 is 1.26 bits per heavy atom. The Morgan fingerprint density at radius 3 is 1.58 bits per heavy atom. The predicted octanol–water partition coefficient (Wildman–Crippen LogP) is 4.03. The van der Waals surface area contributed by atoms with Crippen LogP contribution in [0.25, 0.3) is 0 Å². The van der Waals surface area contributed by atoms with Crippen LogP contribution in [0, 0.1) is 0 Å². The molecule has 0 spiro atoms. The van der Waals surface area contributed by atoms with Gasteiger partial charge in [0.2, 0.25) is 0 Å². The Bertz CT molecular complexity index is 340. The molecular formula is C16H26O3. The standard InChI is InChI=1S/C16H26O3/c1-6-17-16(18-7-2,19-8-3)15-11-9-14(10-12-15)13(4)5/h9-13H,6-8H2,1-5H3. The molecule has 0 atom stereocenters. The summed E-state index contributed by atoms with van der Waals surface area (Å²) in [7, 11) is 0. The first-order chi connectivity index (χ1) is 9.09. The lowest BCUT2D eigenvalue weighted by molar-refractivity contribution is -0.389. The highest BCUT2D eigenvalue weighted by Crippen LogP contribution is 2.30. The van der Waals surface area contributed by atoms with Gasteiger partial charge >= 0.3 is 5.97 Å². The fourth-order valence-electron chi connectivity index (χ4n) is 2.02. The van der Waals surface area contributed by atoms with Crippen LogP contribution in [-0.4, -0.2) is 19.8 Å². The zero-order chi connectivity index (χ0) is 14.3. The molecule has 0 fully saturated rings. The van der Waals surface area contributed by atoms with Crippen molar-refractivity contribution in [2.45, 2.75) is 46.5 Å². The van der Waals surface area contributed by atoms with Gasteiger partial charge in [-0.2, -0.15) is 0 Å². The molecule has 0 amide bonds. The van der Waals surface area contributed by atoms with Crippen LogP contribution in [0.5, 0.6) is 0 Å². The van der Waals surface area contributed by atoms with Gasteiger partial charge in [0.05, 0.1) is 0 Å². The van der Waals surface area contributed by atoms with E-state index in [4.69, 9.17) is 14.2 Å². The smallest absolute Gasteiger partial charge is 0.311 e. The van der Waals surface area contributed by atoms with Crippen LogP contribution in [-0.2, 0) is 20.2 Å². The highest BCUT2D eigenvalue weighted by molar-refractivity contribution is 5.26. The zero-order valence-electron chi connectivity index (χ0n) is 12.7. The van der Waals surface area contributed by atoms with Gasteiger partial charge in [0.1, 0.15) is 0 Å². The van der Waals surface area contributed by atoms with Gasteiger partial charge in [-0.15, -0.1) is 0 Å². The molecular weight excluding hydrogens is 240 g/mol. The minimum atomic E-state index is -1.08. The van der Waals surface area contributed by atoms with Crippen LogP contribution in [0.1, 0.15) is 51.7 Å². The molecule has 0 saturated carbocycles. The number of ether oxygens (including phenoxy) is 3. The summed E-state index contributed by atoms with van der Waals surface area (Å²) in [5, 5.41) is 0. The maximum atomic E-state index is 5.75. The van der Waals surface area contributed by atoms with Crippen molar-refractivity contribution < 1.29 is 14.2 Å². The van der Waals surface area contributed by atoms with Crippen LogP contribution in [0.2, 0.25) is 0 Å². The molecule has 1 rings (SSSR count). The molecule has 0 aliphatic heterocycles. The molecule has 0 heterocycles. The Labute approximate surface area is 116 Å². The predicted molar refractivity (Wildman–Crippen MR) is 77.1 cm³/mol. The third-order valence-corrected chi connectivity index (χ3v) is 2.93. The van der Waals surface area contributed by atoms with E-state index in [9.17, 15) is 0 Å². The molecule has 0 unspecified atom stereocenters. The average molecular weight is 266 g/mol. The van der Waals surface area contributed by atoms with Crippen molar-refractivity contribution in [3.8, 4) is 0 Å². The van der Waals surface area contributed by atoms with Gasteiger partial charge in [-0.3, -0.25) is 0 Å². The monoisotopic (exact) mass is 266 g/mol. The summed E-state index contributed by atoms with van der Waals surface area (Å²) >= 11 is 0. The molecule has 0 bridgehead atoms. The summed E-state index contributed by atoms with van der Waals surface area (Å²) in [6.07, 6.45) is 0. The van der Waals surface area contributed by atoms with Gasteiger partial charge < -0.3 is 14.2 Å². The van der Waals surface area contributed by atoms with Gasteiger partial charge in [-0.25, -0.2) is 0 Å². The van der Waals surface area contributed by atoms with Crippen molar-refractivity contribution in [3.63, 3.8) is 0 Å². The van der Waals surface area contributed by atoms with E-state index in [1.54, 1.807) is 0 Å². The zero-order valence-corrected chi connectivity index (χ0v) is 12.7. The Morgan fingerprint density at radius 1 is 0.842 bits per heavy atom. The van der Waals surface area contributed by atoms with E-state index in [0.717, 1.165) is 5.56 Å². The van der Waals surface area contributed by atoms with Crippen molar-refractivity contribution in [2.24, 2.45) is 0 Å². The molecule has 0 aliphatic rings. The lowest BCUT2D eigenvalue weighted by Gasteiger charge is -2.32. The summed E-state index contributed by atoms with van der Waals surface area (Å²) in [5.41, 5.74) is 2.20. The van der Waals surface area contributed by atoms with E-state index in [2.05, 4.69) is 26.0 Å². The van der Waals surface area contributed by atoms with E-state index in [1.165, 1.54) is 5.56 Å². The quantitative estimate of drug-likeness (QED) is 0.665. The summed E-state index contributed by atoms with van der Waals surface area (Å²) in [4.78, 5) is 0. The van der Waals surface area contributed by atoms with E-state index in [-0.39, 0.29) is 0 Å². The summed E-state index contributed by atoms with van der Waals surface area (Å²) in [5.74, 6) is -0.567. The van der Waals surface area contributed by atoms with Crippen molar-refractivity contribution in [1.82, 2.24) is 0 Å². The summed E-state index contributed by atoms with van der Waals surface area (Å²) in [6.45, 7) is 11.8. The maximum Gasteiger partial charge on any atom is 0.311 e. The van der Waals surface area contributed by atoms with Crippen LogP contribution < -0.4 is 0 Å². The molecule has 3 heteroatoms. The minimum Gasteiger partial charge on any atom is -0.324 e. The first kappa shape index (κ1) is 16.2. The molecule has 1 aromatic rings. The first-order valence-corrected chi connectivity index (χ1v) is 7.11. The van der Waals surface area contributed by atoms with Crippen molar-refractivity contribution in [1.29, 1.82) is 0 Å². The number of benzene rings is 1. The van der Waals surface area contributed by atoms with E-state index < -0.39 is 5.97 Å². The van der Waals surface area contributed by atoms with Gasteiger partial charge in [0.15, 0.2) is 0 Å². The second kappa shape index (κ2) is 7.63. The van der Waals surface area contributed by atoms with E-state index in [1.807, 2.05) is 32.9 Å². The third kappa shape index (κ3) is 4.03. The highest BCUT2D eigenvalue weighted by atomic mass is 16.9. The molecule has 0 radical (unpaired) electrons. The molecule has 0 saturated heterocycles. The first-order valence-electron chi connectivity index (χ1n) is 7.11. The van der Waals surface area contributed by atoms with Crippen molar-refractivity contribution in [2.75, 3.05) is 19.8 Å². The van der Waals surface area contributed by atoms with Crippen LogP contribution >= 0.6 is 0 Å².